The third-order valence-electron chi connectivity index (χ3n) is 2.09. The van der Waals surface area contributed by atoms with Gasteiger partial charge in [0.05, 0.1) is 4.47 Å². The van der Waals surface area contributed by atoms with Crippen molar-refractivity contribution in [3.8, 4) is 0 Å². The van der Waals surface area contributed by atoms with Crippen LogP contribution in [0.2, 0.25) is 0 Å². The van der Waals surface area contributed by atoms with Gasteiger partial charge < -0.3 is 11.5 Å². The highest BCUT2D eigenvalue weighted by Crippen LogP contribution is 2.21. The van der Waals surface area contributed by atoms with Crippen LogP contribution in [0.25, 0.3) is 0 Å². The SMILES string of the molecule is Cl.NCCC[C@H](N)c1ccc(Br)c(F)c1. The second-order valence-corrected chi connectivity index (χ2v) is 4.07. The third kappa shape index (κ3) is 4.47. The molecule has 0 radical (unpaired) electrons. The Bertz CT molecular complexity index is 309. The van der Waals surface area contributed by atoms with E-state index >= 15 is 0 Å². The first-order valence-electron chi connectivity index (χ1n) is 4.55. The van der Waals surface area contributed by atoms with Crippen molar-refractivity contribution in [1.29, 1.82) is 0 Å². The molecule has 0 aliphatic rings. The van der Waals surface area contributed by atoms with Gasteiger partial charge in [0.25, 0.3) is 0 Å². The summed E-state index contributed by atoms with van der Waals surface area (Å²) in [5, 5.41) is 0. The molecule has 0 aromatic heterocycles. The zero-order valence-electron chi connectivity index (χ0n) is 8.25. The van der Waals surface area contributed by atoms with Crippen LogP contribution in [-0.2, 0) is 0 Å². The number of nitrogens with two attached hydrogens (primary N) is 2. The van der Waals surface area contributed by atoms with Gasteiger partial charge in [-0.15, -0.1) is 12.4 Å². The summed E-state index contributed by atoms with van der Waals surface area (Å²) in [5.41, 5.74) is 12.1. The monoisotopic (exact) mass is 296 g/mol. The summed E-state index contributed by atoms with van der Waals surface area (Å²) in [7, 11) is 0. The quantitative estimate of drug-likeness (QED) is 0.898. The molecule has 5 heteroatoms. The maximum Gasteiger partial charge on any atom is 0.137 e. The number of halogens is 3. The van der Waals surface area contributed by atoms with Crippen LogP contribution >= 0.6 is 28.3 Å². The first-order chi connectivity index (χ1) is 6.65. The summed E-state index contributed by atoms with van der Waals surface area (Å²) < 4.78 is 13.6. The molecule has 15 heavy (non-hydrogen) atoms. The Morgan fingerprint density at radius 1 is 1.40 bits per heavy atom. The van der Waals surface area contributed by atoms with Crippen molar-refractivity contribution < 1.29 is 4.39 Å². The Balaban J connectivity index is 0.00000196. The van der Waals surface area contributed by atoms with Gasteiger partial charge in [0.2, 0.25) is 0 Å². The minimum atomic E-state index is -0.273. The second-order valence-electron chi connectivity index (χ2n) is 3.21. The molecule has 2 nitrogen and oxygen atoms in total. The van der Waals surface area contributed by atoms with E-state index in [0.717, 1.165) is 18.4 Å². The maximum absolute atomic E-state index is 13.1. The van der Waals surface area contributed by atoms with E-state index in [2.05, 4.69) is 15.9 Å². The van der Waals surface area contributed by atoms with Crippen molar-refractivity contribution in [3.63, 3.8) is 0 Å². The van der Waals surface area contributed by atoms with E-state index in [0.29, 0.717) is 11.0 Å². The van der Waals surface area contributed by atoms with E-state index in [1.807, 2.05) is 6.07 Å². The molecular weight excluding hydrogens is 282 g/mol. The lowest BCUT2D eigenvalue weighted by atomic mass is 10.0. The Labute approximate surface area is 104 Å². The maximum atomic E-state index is 13.1. The van der Waals surface area contributed by atoms with Gasteiger partial charge in [-0.05, 0) is 53.0 Å². The molecular formula is C10H15BrClFN2. The molecule has 86 valence electrons. The highest BCUT2D eigenvalue weighted by atomic mass is 79.9. The van der Waals surface area contributed by atoms with Crippen LogP contribution in [-0.4, -0.2) is 6.54 Å². The van der Waals surface area contributed by atoms with E-state index in [1.165, 1.54) is 6.07 Å². The molecule has 0 bridgehead atoms. The molecule has 0 aliphatic carbocycles. The molecule has 0 saturated carbocycles. The van der Waals surface area contributed by atoms with Crippen LogP contribution in [0, 0.1) is 5.82 Å². The smallest absolute Gasteiger partial charge is 0.137 e. The van der Waals surface area contributed by atoms with Crippen molar-refractivity contribution >= 4 is 28.3 Å². The molecule has 1 rings (SSSR count). The predicted molar refractivity (Wildman–Crippen MR) is 66.6 cm³/mol. The Kier molecular flexibility index (Phi) is 7.09. The highest BCUT2D eigenvalue weighted by molar-refractivity contribution is 9.10. The van der Waals surface area contributed by atoms with Gasteiger partial charge in [-0.3, -0.25) is 0 Å². The number of hydrogen-bond donors (Lipinski definition) is 2. The van der Waals surface area contributed by atoms with Crippen molar-refractivity contribution in [3.05, 3.63) is 34.1 Å². The normalized spacial score (nSPS) is 12.0. The van der Waals surface area contributed by atoms with Gasteiger partial charge in [0.15, 0.2) is 0 Å². The van der Waals surface area contributed by atoms with E-state index < -0.39 is 0 Å². The summed E-state index contributed by atoms with van der Waals surface area (Å²) in [5.74, 6) is -0.273. The van der Waals surface area contributed by atoms with Crippen LogP contribution < -0.4 is 11.5 Å². The lowest BCUT2D eigenvalue weighted by Gasteiger charge is -2.11. The number of hydrogen-bond acceptors (Lipinski definition) is 2. The summed E-state index contributed by atoms with van der Waals surface area (Å²) in [4.78, 5) is 0. The molecule has 0 saturated heterocycles. The summed E-state index contributed by atoms with van der Waals surface area (Å²) in [6, 6.07) is 4.84. The van der Waals surface area contributed by atoms with Gasteiger partial charge in [-0.1, -0.05) is 6.07 Å². The Hall–Kier alpha value is -0.160. The fourth-order valence-corrected chi connectivity index (χ4v) is 1.49. The van der Waals surface area contributed by atoms with Gasteiger partial charge in [0.1, 0.15) is 5.82 Å². The first-order valence-corrected chi connectivity index (χ1v) is 5.35. The molecule has 1 atom stereocenters. The minimum Gasteiger partial charge on any atom is -0.330 e. The zero-order valence-corrected chi connectivity index (χ0v) is 10.7. The second kappa shape index (κ2) is 7.17. The van der Waals surface area contributed by atoms with E-state index in [9.17, 15) is 4.39 Å². The Morgan fingerprint density at radius 2 is 2.07 bits per heavy atom. The lowest BCUT2D eigenvalue weighted by molar-refractivity contribution is 0.593. The summed E-state index contributed by atoms with van der Waals surface area (Å²) in [6.45, 7) is 0.618. The molecule has 0 amide bonds. The molecule has 0 heterocycles. The average molecular weight is 298 g/mol. The summed E-state index contributed by atoms with van der Waals surface area (Å²) in [6.07, 6.45) is 1.65. The minimum absolute atomic E-state index is 0. The molecule has 1 aromatic carbocycles. The standard InChI is InChI=1S/C10H14BrFN2.ClH/c11-8-4-3-7(6-9(8)12)10(14)2-1-5-13;/h3-4,6,10H,1-2,5,13-14H2;1H/t10-;/m0./s1. The van der Waals surface area contributed by atoms with Crippen LogP contribution in [0.5, 0.6) is 0 Å². The molecule has 1 aromatic rings. The van der Waals surface area contributed by atoms with Gasteiger partial charge in [-0.2, -0.15) is 0 Å². The van der Waals surface area contributed by atoms with Gasteiger partial charge in [0, 0.05) is 6.04 Å². The molecule has 0 spiro atoms. The summed E-state index contributed by atoms with van der Waals surface area (Å²) >= 11 is 3.10. The van der Waals surface area contributed by atoms with E-state index in [4.69, 9.17) is 11.5 Å². The van der Waals surface area contributed by atoms with Gasteiger partial charge >= 0.3 is 0 Å². The van der Waals surface area contributed by atoms with Crippen LogP contribution in [0.1, 0.15) is 24.4 Å². The number of rotatable bonds is 4. The van der Waals surface area contributed by atoms with Crippen molar-refractivity contribution in [1.82, 2.24) is 0 Å². The van der Waals surface area contributed by atoms with Crippen molar-refractivity contribution in [2.45, 2.75) is 18.9 Å². The van der Waals surface area contributed by atoms with Crippen LogP contribution in [0.15, 0.2) is 22.7 Å². The number of benzene rings is 1. The molecule has 0 unspecified atom stereocenters. The van der Waals surface area contributed by atoms with Crippen molar-refractivity contribution in [2.75, 3.05) is 6.54 Å². The average Bonchev–Trinajstić information content (AvgIpc) is 2.18. The largest absolute Gasteiger partial charge is 0.330 e. The van der Waals surface area contributed by atoms with Crippen LogP contribution in [0.3, 0.4) is 0 Å². The first kappa shape index (κ1) is 14.8. The van der Waals surface area contributed by atoms with E-state index in [-0.39, 0.29) is 24.3 Å². The van der Waals surface area contributed by atoms with Crippen LogP contribution in [0.4, 0.5) is 4.39 Å². The topological polar surface area (TPSA) is 52.0 Å². The van der Waals surface area contributed by atoms with E-state index in [1.54, 1.807) is 6.07 Å². The predicted octanol–water partition coefficient (Wildman–Crippen LogP) is 2.75. The van der Waals surface area contributed by atoms with Gasteiger partial charge in [-0.25, -0.2) is 4.39 Å². The zero-order chi connectivity index (χ0) is 10.6. The highest BCUT2D eigenvalue weighted by Gasteiger charge is 2.07. The van der Waals surface area contributed by atoms with Crippen molar-refractivity contribution in [2.24, 2.45) is 11.5 Å². The Morgan fingerprint density at radius 3 is 2.60 bits per heavy atom. The fraction of sp³-hybridized carbons (Fsp3) is 0.400. The molecule has 0 fully saturated rings. The molecule has 0 aliphatic heterocycles. The molecule has 4 N–H and O–H groups in total. The third-order valence-corrected chi connectivity index (χ3v) is 2.73. The lowest BCUT2D eigenvalue weighted by Crippen LogP contribution is -2.12. The fourth-order valence-electron chi connectivity index (χ4n) is 1.25.